The minimum Gasteiger partial charge on any atom is -0.352 e. The summed E-state index contributed by atoms with van der Waals surface area (Å²) < 4.78 is 27.4. The maximum Gasteiger partial charge on any atom is 0.312 e. The van der Waals surface area contributed by atoms with Gasteiger partial charge in [0, 0.05) is 12.1 Å². The average Bonchev–Trinajstić information content (AvgIpc) is 2.70. The first-order valence-corrected chi connectivity index (χ1v) is 9.97. The zero-order chi connectivity index (χ0) is 21.4. The number of nitrogens with two attached hydrogens (primary N) is 1. The normalized spacial score (nSPS) is 11.9. The number of rotatable bonds is 7. The van der Waals surface area contributed by atoms with Crippen LogP contribution in [0, 0.1) is 0 Å². The molecule has 0 spiro atoms. The lowest BCUT2D eigenvalue weighted by atomic mass is 10.2. The highest BCUT2D eigenvalue weighted by atomic mass is 32.2. The van der Waals surface area contributed by atoms with Crippen LogP contribution in [0.1, 0.15) is 22.8 Å². The van der Waals surface area contributed by atoms with Gasteiger partial charge >= 0.3 is 6.03 Å². The van der Waals surface area contributed by atoms with Crippen molar-refractivity contribution in [3.05, 3.63) is 65.7 Å². The molecule has 0 saturated carbocycles. The smallest absolute Gasteiger partial charge is 0.312 e. The number of hydrogen-bond donors (Lipinski definition) is 5. The first-order chi connectivity index (χ1) is 13.7. The summed E-state index contributed by atoms with van der Waals surface area (Å²) in [6.07, 6.45) is 0. The van der Waals surface area contributed by atoms with E-state index in [2.05, 4.69) is 20.9 Å². The van der Waals surface area contributed by atoms with Crippen LogP contribution in [-0.2, 0) is 21.4 Å². The standard InChI is InChI=1S/C18H21N5O5S/c1-12(21-18(19)26)16(24)22-23-17(25)14-8-5-9-15(10-14)29(27,28)20-11-13-6-3-2-4-7-13/h2-10,12,20H,11H2,1H3,(H,22,24)(H,23,25)(H3,19,21,26). The summed E-state index contributed by atoms with van der Waals surface area (Å²) >= 11 is 0. The second-order valence-corrected chi connectivity index (χ2v) is 7.78. The van der Waals surface area contributed by atoms with Gasteiger partial charge in [-0.2, -0.15) is 0 Å². The predicted molar refractivity (Wildman–Crippen MR) is 105 cm³/mol. The third-order valence-electron chi connectivity index (χ3n) is 3.77. The lowest BCUT2D eigenvalue weighted by Gasteiger charge is -2.13. The largest absolute Gasteiger partial charge is 0.352 e. The van der Waals surface area contributed by atoms with E-state index in [1.807, 2.05) is 6.07 Å². The van der Waals surface area contributed by atoms with E-state index in [-0.39, 0.29) is 17.0 Å². The van der Waals surface area contributed by atoms with Crippen LogP contribution in [-0.4, -0.2) is 32.3 Å². The van der Waals surface area contributed by atoms with Crippen LogP contribution < -0.4 is 26.6 Å². The number of carbonyl (C=O) groups is 3. The molecular formula is C18H21N5O5S. The highest BCUT2D eigenvalue weighted by molar-refractivity contribution is 7.89. The molecule has 1 unspecified atom stereocenters. The van der Waals surface area contributed by atoms with Crippen molar-refractivity contribution in [2.24, 2.45) is 5.73 Å². The molecule has 0 radical (unpaired) electrons. The van der Waals surface area contributed by atoms with Crippen molar-refractivity contribution >= 4 is 27.9 Å². The summed E-state index contributed by atoms with van der Waals surface area (Å²) in [4.78, 5) is 34.6. The lowest BCUT2D eigenvalue weighted by Crippen LogP contribution is -2.52. The van der Waals surface area contributed by atoms with E-state index in [9.17, 15) is 22.8 Å². The molecule has 0 aromatic heterocycles. The number of benzene rings is 2. The summed E-state index contributed by atoms with van der Waals surface area (Å²) in [5, 5.41) is 2.15. The molecule has 11 heteroatoms. The molecule has 0 aliphatic carbocycles. The van der Waals surface area contributed by atoms with Crippen molar-refractivity contribution in [3.63, 3.8) is 0 Å². The van der Waals surface area contributed by atoms with Gasteiger partial charge in [0.2, 0.25) is 10.0 Å². The summed E-state index contributed by atoms with van der Waals surface area (Å²) in [6, 6.07) is 12.4. The summed E-state index contributed by atoms with van der Waals surface area (Å²) in [7, 11) is -3.85. The van der Waals surface area contributed by atoms with Gasteiger partial charge in [-0.25, -0.2) is 17.9 Å². The molecule has 0 saturated heterocycles. The molecule has 6 N–H and O–H groups in total. The van der Waals surface area contributed by atoms with Crippen molar-refractivity contribution in [1.29, 1.82) is 0 Å². The number of amides is 4. The van der Waals surface area contributed by atoms with E-state index >= 15 is 0 Å². The molecule has 154 valence electrons. The highest BCUT2D eigenvalue weighted by Gasteiger charge is 2.18. The Morgan fingerprint density at radius 1 is 1.00 bits per heavy atom. The monoisotopic (exact) mass is 419 g/mol. The molecule has 0 heterocycles. The summed E-state index contributed by atoms with van der Waals surface area (Å²) in [6.45, 7) is 1.47. The lowest BCUT2D eigenvalue weighted by molar-refractivity contribution is -0.123. The second kappa shape index (κ2) is 9.66. The Morgan fingerprint density at radius 3 is 2.34 bits per heavy atom. The van der Waals surface area contributed by atoms with Crippen LogP contribution in [0.5, 0.6) is 0 Å². The molecule has 29 heavy (non-hydrogen) atoms. The van der Waals surface area contributed by atoms with Gasteiger partial charge in [-0.15, -0.1) is 0 Å². The quantitative estimate of drug-likeness (QED) is 0.398. The SMILES string of the molecule is CC(NC(N)=O)C(=O)NNC(=O)c1cccc(S(=O)(=O)NCc2ccccc2)c1. The van der Waals surface area contributed by atoms with Crippen molar-refractivity contribution in [3.8, 4) is 0 Å². The Kier molecular flexibility index (Phi) is 7.28. The van der Waals surface area contributed by atoms with E-state index in [1.54, 1.807) is 24.3 Å². The van der Waals surface area contributed by atoms with Crippen molar-refractivity contribution in [1.82, 2.24) is 20.9 Å². The topological polar surface area (TPSA) is 159 Å². The van der Waals surface area contributed by atoms with Crippen molar-refractivity contribution in [2.45, 2.75) is 24.4 Å². The number of hydrazine groups is 1. The van der Waals surface area contributed by atoms with Crippen LogP contribution in [0.15, 0.2) is 59.5 Å². The maximum absolute atomic E-state index is 12.5. The molecule has 1 atom stereocenters. The fourth-order valence-corrected chi connectivity index (χ4v) is 3.30. The van der Waals surface area contributed by atoms with Gasteiger partial charge in [-0.1, -0.05) is 36.4 Å². The maximum atomic E-state index is 12.5. The highest BCUT2D eigenvalue weighted by Crippen LogP contribution is 2.12. The van der Waals surface area contributed by atoms with Crippen LogP contribution >= 0.6 is 0 Å². The number of urea groups is 1. The van der Waals surface area contributed by atoms with E-state index in [0.717, 1.165) is 5.56 Å². The summed E-state index contributed by atoms with van der Waals surface area (Å²) in [5.41, 5.74) is 9.98. The molecule has 4 amide bonds. The van der Waals surface area contributed by atoms with Gasteiger partial charge in [-0.3, -0.25) is 20.4 Å². The number of primary amides is 1. The zero-order valence-electron chi connectivity index (χ0n) is 15.5. The fourth-order valence-electron chi connectivity index (χ4n) is 2.24. The number of nitrogens with one attached hydrogen (secondary N) is 4. The van der Waals surface area contributed by atoms with Gasteiger partial charge in [-0.05, 0) is 30.7 Å². The molecule has 0 fully saturated rings. The van der Waals surface area contributed by atoms with Gasteiger partial charge in [0.1, 0.15) is 6.04 Å². The van der Waals surface area contributed by atoms with Gasteiger partial charge < -0.3 is 11.1 Å². The zero-order valence-corrected chi connectivity index (χ0v) is 16.3. The van der Waals surface area contributed by atoms with Crippen LogP contribution in [0.3, 0.4) is 0 Å². The Balaban J connectivity index is 2.01. The molecule has 0 aliphatic heterocycles. The Morgan fingerprint density at radius 2 is 1.69 bits per heavy atom. The van der Waals surface area contributed by atoms with E-state index in [1.165, 1.54) is 31.2 Å². The minimum absolute atomic E-state index is 0.0170. The molecule has 2 aromatic carbocycles. The Labute approximate surface area is 167 Å². The molecular weight excluding hydrogens is 398 g/mol. The summed E-state index contributed by atoms with van der Waals surface area (Å²) in [5.74, 6) is -1.44. The first-order valence-electron chi connectivity index (χ1n) is 8.49. The minimum atomic E-state index is -3.85. The Hall–Kier alpha value is -3.44. The molecule has 0 aliphatic rings. The van der Waals surface area contributed by atoms with E-state index in [4.69, 9.17) is 5.73 Å². The number of hydrogen-bond acceptors (Lipinski definition) is 5. The van der Waals surface area contributed by atoms with Crippen molar-refractivity contribution < 1.29 is 22.8 Å². The first kappa shape index (κ1) is 21.9. The fraction of sp³-hybridized carbons (Fsp3) is 0.167. The third kappa shape index (κ3) is 6.59. The third-order valence-corrected chi connectivity index (χ3v) is 5.17. The van der Waals surface area contributed by atoms with Crippen LogP contribution in [0.2, 0.25) is 0 Å². The van der Waals surface area contributed by atoms with Crippen molar-refractivity contribution in [2.75, 3.05) is 0 Å². The van der Waals surface area contributed by atoms with Crippen LogP contribution in [0.4, 0.5) is 4.79 Å². The Bertz CT molecular complexity index is 995. The van der Waals surface area contributed by atoms with Crippen LogP contribution in [0.25, 0.3) is 0 Å². The van der Waals surface area contributed by atoms with Gasteiger partial charge in [0.15, 0.2) is 0 Å². The van der Waals surface area contributed by atoms with Gasteiger partial charge in [0.25, 0.3) is 11.8 Å². The van der Waals surface area contributed by atoms with E-state index in [0.29, 0.717) is 0 Å². The second-order valence-electron chi connectivity index (χ2n) is 6.01. The molecule has 10 nitrogen and oxygen atoms in total. The predicted octanol–water partition coefficient (Wildman–Crippen LogP) is -0.0171. The van der Waals surface area contributed by atoms with Gasteiger partial charge in [0.05, 0.1) is 4.90 Å². The van der Waals surface area contributed by atoms with E-state index < -0.39 is 33.9 Å². The number of sulfonamides is 1. The average molecular weight is 419 g/mol. The molecule has 2 rings (SSSR count). The number of carbonyl (C=O) groups excluding carboxylic acids is 3. The molecule has 0 bridgehead atoms. The molecule has 2 aromatic rings.